The third-order valence-corrected chi connectivity index (χ3v) is 3.69. The second-order valence-corrected chi connectivity index (χ2v) is 5.80. The van der Waals surface area contributed by atoms with Gasteiger partial charge in [-0.3, -0.25) is 4.79 Å². The number of nitrogens with one attached hydrogen (secondary N) is 1. The minimum Gasteiger partial charge on any atom is -0.389 e. The summed E-state index contributed by atoms with van der Waals surface area (Å²) < 4.78 is 0. The van der Waals surface area contributed by atoms with Crippen molar-refractivity contribution in [2.24, 2.45) is 5.73 Å². The van der Waals surface area contributed by atoms with Crippen LogP contribution < -0.4 is 11.1 Å². The molecule has 3 N–H and O–H groups in total. The average Bonchev–Trinajstić information content (AvgIpc) is 2.47. The molecule has 0 radical (unpaired) electrons. The average molecular weight is 306 g/mol. The fraction of sp³-hybridized carbons (Fsp3) is 0.529. The van der Waals surface area contributed by atoms with E-state index in [0.717, 1.165) is 24.1 Å². The van der Waals surface area contributed by atoms with Gasteiger partial charge in [-0.05, 0) is 12.0 Å². The van der Waals surface area contributed by atoms with Crippen LogP contribution in [0.15, 0.2) is 24.3 Å². The van der Waals surface area contributed by atoms with Crippen LogP contribution in [-0.4, -0.2) is 17.4 Å². The zero-order chi connectivity index (χ0) is 15.5. The molecule has 0 aromatic heterocycles. The van der Waals surface area contributed by atoms with E-state index in [0.29, 0.717) is 11.4 Å². The summed E-state index contributed by atoms with van der Waals surface area (Å²) in [6.45, 7) is 2.99. The number of benzene rings is 1. The fourth-order valence-electron chi connectivity index (χ4n) is 2.17. The molecular formula is C17H26N2OS. The van der Waals surface area contributed by atoms with Gasteiger partial charge in [0.1, 0.15) is 4.99 Å². The van der Waals surface area contributed by atoms with E-state index >= 15 is 0 Å². The van der Waals surface area contributed by atoms with Gasteiger partial charge in [0, 0.05) is 12.1 Å². The highest BCUT2D eigenvalue weighted by atomic mass is 32.1. The molecule has 0 atom stereocenters. The van der Waals surface area contributed by atoms with Gasteiger partial charge in [-0.1, -0.05) is 75.5 Å². The molecule has 0 heterocycles. The maximum atomic E-state index is 11.8. The Labute approximate surface area is 133 Å². The van der Waals surface area contributed by atoms with Crippen LogP contribution in [0.5, 0.6) is 0 Å². The van der Waals surface area contributed by atoms with E-state index in [1.807, 2.05) is 24.3 Å². The fourth-order valence-corrected chi connectivity index (χ4v) is 2.30. The lowest BCUT2D eigenvalue weighted by molar-refractivity contribution is -0.120. The van der Waals surface area contributed by atoms with Crippen molar-refractivity contribution in [2.45, 2.75) is 51.9 Å². The van der Waals surface area contributed by atoms with Gasteiger partial charge in [-0.15, -0.1) is 0 Å². The first kappa shape index (κ1) is 17.6. The van der Waals surface area contributed by atoms with Crippen molar-refractivity contribution >= 4 is 23.1 Å². The number of carbonyl (C=O) groups excluding carboxylic acids is 1. The molecule has 21 heavy (non-hydrogen) atoms. The van der Waals surface area contributed by atoms with Crippen molar-refractivity contribution in [3.8, 4) is 0 Å². The van der Waals surface area contributed by atoms with E-state index in [9.17, 15) is 4.79 Å². The molecule has 0 aliphatic heterocycles. The topological polar surface area (TPSA) is 55.1 Å². The van der Waals surface area contributed by atoms with Crippen molar-refractivity contribution in [1.29, 1.82) is 0 Å². The van der Waals surface area contributed by atoms with E-state index < -0.39 is 0 Å². The van der Waals surface area contributed by atoms with Gasteiger partial charge in [0.25, 0.3) is 0 Å². The monoisotopic (exact) mass is 306 g/mol. The Balaban J connectivity index is 2.17. The quantitative estimate of drug-likeness (QED) is 0.515. The highest BCUT2D eigenvalue weighted by molar-refractivity contribution is 7.80. The molecule has 0 saturated carbocycles. The first-order valence-electron chi connectivity index (χ1n) is 7.79. The van der Waals surface area contributed by atoms with Crippen LogP contribution in [0.1, 0.15) is 56.6 Å². The molecule has 116 valence electrons. The molecule has 1 aromatic rings. The van der Waals surface area contributed by atoms with Gasteiger partial charge in [-0.2, -0.15) is 0 Å². The second-order valence-electron chi connectivity index (χ2n) is 5.36. The second kappa shape index (κ2) is 10.3. The number of amides is 1. The molecule has 0 aliphatic carbocycles. The van der Waals surface area contributed by atoms with Crippen molar-refractivity contribution in [3.05, 3.63) is 35.4 Å². The van der Waals surface area contributed by atoms with Crippen LogP contribution in [0, 0.1) is 0 Å². The lowest BCUT2D eigenvalue weighted by atomic mass is 10.1. The normalized spacial score (nSPS) is 10.3. The van der Waals surface area contributed by atoms with Gasteiger partial charge >= 0.3 is 0 Å². The lowest BCUT2D eigenvalue weighted by Gasteiger charge is -2.06. The summed E-state index contributed by atoms with van der Waals surface area (Å²) in [6, 6.07) is 7.52. The molecular weight excluding hydrogens is 280 g/mol. The molecule has 1 amide bonds. The van der Waals surface area contributed by atoms with Gasteiger partial charge < -0.3 is 11.1 Å². The third kappa shape index (κ3) is 7.81. The first-order chi connectivity index (χ1) is 10.1. The summed E-state index contributed by atoms with van der Waals surface area (Å²) in [5.41, 5.74) is 7.36. The predicted molar refractivity (Wildman–Crippen MR) is 92.4 cm³/mol. The number of rotatable bonds is 10. The van der Waals surface area contributed by atoms with E-state index in [4.69, 9.17) is 18.0 Å². The zero-order valence-electron chi connectivity index (χ0n) is 12.9. The zero-order valence-corrected chi connectivity index (χ0v) is 13.7. The Hall–Kier alpha value is -1.42. The summed E-state index contributed by atoms with van der Waals surface area (Å²) in [5, 5.41) is 2.97. The maximum Gasteiger partial charge on any atom is 0.224 e. The lowest BCUT2D eigenvalue weighted by Crippen LogP contribution is -2.26. The maximum absolute atomic E-state index is 11.8. The highest BCUT2D eigenvalue weighted by Gasteiger charge is 2.03. The van der Waals surface area contributed by atoms with Crippen LogP contribution in [0.3, 0.4) is 0 Å². The smallest absolute Gasteiger partial charge is 0.224 e. The number of thiocarbonyl (C=S) groups is 1. The standard InChI is InChI=1S/C17H26N2OS/c1-2-3-4-5-6-7-12-19-16(20)13-14-8-10-15(11-9-14)17(18)21/h8-11H,2-7,12-13H2,1H3,(H2,18,21)(H,19,20). The van der Waals surface area contributed by atoms with Crippen molar-refractivity contribution in [3.63, 3.8) is 0 Å². The first-order valence-corrected chi connectivity index (χ1v) is 8.19. The molecule has 0 spiro atoms. The molecule has 0 aliphatic rings. The van der Waals surface area contributed by atoms with Gasteiger partial charge in [0.2, 0.25) is 5.91 Å². The molecule has 4 heteroatoms. The summed E-state index contributed by atoms with van der Waals surface area (Å²) in [7, 11) is 0. The minimum absolute atomic E-state index is 0.0756. The molecule has 1 aromatic carbocycles. The van der Waals surface area contributed by atoms with Crippen LogP contribution in [-0.2, 0) is 11.2 Å². The van der Waals surface area contributed by atoms with Crippen LogP contribution in [0.2, 0.25) is 0 Å². The molecule has 0 fully saturated rings. The molecule has 0 unspecified atom stereocenters. The number of carbonyl (C=O) groups is 1. The van der Waals surface area contributed by atoms with E-state index in [2.05, 4.69) is 12.2 Å². The Morgan fingerprint density at radius 1 is 1.10 bits per heavy atom. The van der Waals surface area contributed by atoms with Crippen LogP contribution in [0.25, 0.3) is 0 Å². The largest absolute Gasteiger partial charge is 0.389 e. The van der Waals surface area contributed by atoms with Crippen molar-refractivity contribution in [1.82, 2.24) is 5.32 Å². The number of hydrogen-bond donors (Lipinski definition) is 2. The van der Waals surface area contributed by atoms with E-state index in [-0.39, 0.29) is 5.91 Å². The molecule has 1 rings (SSSR count). The molecule has 0 bridgehead atoms. The summed E-state index contributed by atoms with van der Waals surface area (Å²) in [4.78, 5) is 12.2. The summed E-state index contributed by atoms with van der Waals surface area (Å²) in [5.74, 6) is 0.0756. The Morgan fingerprint density at radius 2 is 1.71 bits per heavy atom. The summed E-state index contributed by atoms with van der Waals surface area (Å²) >= 11 is 4.90. The third-order valence-electron chi connectivity index (χ3n) is 3.46. The number of hydrogen-bond acceptors (Lipinski definition) is 2. The van der Waals surface area contributed by atoms with Crippen LogP contribution >= 0.6 is 12.2 Å². The van der Waals surface area contributed by atoms with Gasteiger partial charge in [0.15, 0.2) is 0 Å². The SMILES string of the molecule is CCCCCCCCNC(=O)Cc1ccc(C(N)=S)cc1. The van der Waals surface area contributed by atoms with Gasteiger partial charge in [0.05, 0.1) is 6.42 Å². The van der Waals surface area contributed by atoms with E-state index in [1.165, 1.54) is 32.1 Å². The van der Waals surface area contributed by atoms with E-state index in [1.54, 1.807) is 0 Å². The molecule has 3 nitrogen and oxygen atoms in total. The van der Waals surface area contributed by atoms with Crippen molar-refractivity contribution < 1.29 is 4.79 Å². The minimum atomic E-state index is 0.0756. The summed E-state index contributed by atoms with van der Waals surface area (Å²) in [6.07, 6.45) is 7.83. The number of unbranched alkanes of at least 4 members (excludes halogenated alkanes) is 5. The highest BCUT2D eigenvalue weighted by Crippen LogP contribution is 2.06. The molecule has 0 saturated heterocycles. The van der Waals surface area contributed by atoms with Crippen LogP contribution in [0.4, 0.5) is 0 Å². The van der Waals surface area contributed by atoms with Gasteiger partial charge in [-0.25, -0.2) is 0 Å². The predicted octanol–water partition coefficient (Wildman–Crippen LogP) is 3.34. The number of nitrogens with two attached hydrogens (primary N) is 1. The van der Waals surface area contributed by atoms with Crippen molar-refractivity contribution in [2.75, 3.05) is 6.54 Å². The Bertz CT molecular complexity index is 443. The Morgan fingerprint density at radius 3 is 2.33 bits per heavy atom. The Kier molecular flexibility index (Phi) is 8.67.